The molecule has 1 aromatic carbocycles. The van der Waals surface area contributed by atoms with Gasteiger partial charge in [-0.2, -0.15) is 0 Å². The van der Waals surface area contributed by atoms with E-state index in [9.17, 15) is 9.59 Å². The van der Waals surface area contributed by atoms with Gasteiger partial charge in [-0.05, 0) is 32.2 Å². The van der Waals surface area contributed by atoms with E-state index in [0.29, 0.717) is 5.69 Å². The molecule has 1 rings (SSSR count). The lowest BCUT2D eigenvalue weighted by atomic mass is 9.92. The van der Waals surface area contributed by atoms with E-state index < -0.39 is 17.3 Å². The first-order chi connectivity index (χ1) is 7.89. The molecule has 2 N–H and O–H groups in total. The molecule has 0 radical (unpaired) electrons. The molecular formula is C12H15NO3S. The molecule has 17 heavy (non-hydrogen) atoms. The van der Waals surface area contributed by atoms with Crippen LogP contribution in [-0.4, -0.2) is 23.2 Å². The van der Waals surface area contributed by atoms with Crippen molar-refractivity contribution in [2.24, 2.45) is 5.41 Å². The van der Waals surface area contributed by atoms with Crippen molar-refractivity contribution in [3.05, 3.63) is 24.3 Å². The van der Waals surface area contributed by atoms with E-state index in [0.717, 1.165) is 4.90 Å². The number of amides is 1. The molecule has 0 unspecified atom stereocenters. The average Bonchev–Trinajstić information content (AvgIpc) is 2.29. The van der Waals surface area contributed by atoms with Crippen molar-refractivity contribution in [2.75, 3.05) is 11.6 Å². The number of nitrogens with one attached hydrogen (secondary N) is 1. The van der Waals surface area contributed by atoms with E-state index in [1.807, 2.05) is 18.4 Å². The molecule has 0 aromatic heterocycles. The third-order valence-electron chi connectivity index (χ3n) is 2.46. The molecule has 4 nitrogen and oxygen atoms in total. The molecule has 1 aromatic rings. The average molecular weight is 253 g/mol. The van der Waals surface area contributed by atoms with E-state index in [-0.39, 0.29) is 0 Å². The van der Waals surface area contributed by atoms with Crippen LogP contribution in [0.15, 0.2) is 29.2 Å². The first-order valence-corrected chi connectivity index (χ1v) is 6.30. The number of benzene rings is 1. The first kappa shape index (κ1) is 13.6. The van der Waals surface area contributed by atoms with Crippen LogP contribution >= 0.6 is 11.8 Å². The fourth-order valence-corrected chi connectivity index (χ4v) is 1.68. The summed E-state index contributed by atoms with van der Waals surface area (Å²) in [5.41, 5.74) is -0.801. The van der Waals surface area contributed by atoms with Crippen molar-refractivity contribution in [1.29, 1.82) is 0 Å². The van der Waals surface area contributed by atoms with Crippen LogP contribution in [0.2, 0.25) is 0 Å². The largest absolute Gasteiger partial charge is 0.480 e. The number of anilines is 1. The lowest BCUT2D eigenvalue weighted by Gasteiger charge is -2.19. The molecule has 0 atom stereocenters. The maximum atomic E-state index is 11.8. The fourth-order valence-electron chi connectivity index (χ4n) is 1.12. The van der Waals surface area contributed by atoms with E-state index in [1.54, 1.807) is 12.1 Å². The second-order valence-corrected chi connectivity index (χ2v) is 4.93. The maximum absolute atomic E-state index is 11.8. The maximum Gasteiger partial charge on any atom is 0.318 e. The third-order valence-corrected chi connectivity index (χ3v) is 3.25. The summed E-state index contributed by atoms with van der Waals surface area (Å²) >= 11 is 1.49. The van der Waals surface area contributed by atoms with Gasteiger partial charge in [0.2, 0.25) is 5.91 Å². The standard InChI is InChI=1S/C12H15NO3S/c1-12(2,11(15)16)10(14)13-8-6-4-5-7-9(8)17-3/h4-7H,1-3H3,(H,13,14)(H,15,16). The molecule has 0 spiro atoms. The van der Waals surface area contributed by atoms with Gasteiger partial charge < -0.3 is 10.4 Å². The Morgan fingerprint density at radius 1 is 1.29 bits per heavy atom. The number of carboxylic acids is 1. The zero-order valence-electron chi connectivity index (χ0n) is 9.98. The van der Waals surface area contributed by atoms with Crippen LogP contribution in [-0.2, 0) is 9.59 Å². The number of aliphatic carboxylic acids is 1. The van der Waals surface area contributed by atoms with Crippen molar-refractivity contribution in [3.63, 3.8) is 0 Å². The second kappa shape index (κ2) is 5.23. The minimum absolute atomic E-state index is 0.522. The van der Waals surface area contributed by atoms with Crippen molar-refractivity contribution in [1.82, 2.24) is 0 Å². The number of rotatable bonds is 4. The highest BCUT2D eigenvalue weighted by molar-refractivity contribution is 7.98. The highest BCUT2D eigenvalue weighted by Crippen LogP contribution is 2.26. The molecule has 1 amide bonds. The van der Waals surface area contributed by atoms with Crippen LogP contribution in [0, 0.1) is 5.41 Å². The summed E-state index contributed by atoms with van der Waals surface area (Å²) in [6.45, 7) is 2.76. The molecule has 0 fully saturated rings. The van der Waals surface area contributed by atoms with Gasteiger partial charge in [0.25, 0.3) is 0 Å². The molecule has 0 saturated heterocycles. The Kier molecular flexibility index (Phi) is 4.17. The van der Waals surface area contributed by atoms with Gasteiger partial charge in [-0.25, -0.2) is 0 Å². The number of carbonyl (C=O) groups is 2. The Labute approximate surface area is 104 Å². The van der Waals surface area contributed by atoms with Crippen LogP contribution in [0.4, 0.5) is 5.69 Å². The van der Waals surface area contributed by atoms with Crippen molar-refractivity contribution >= 4 is 29.3 Å². The van der Waals surface area contributed by atoms with Gasteiger partial charge in [0.05, 0.1) is 5.69 Å². The Balaban J connectivity index is 2.92. The Morgan fingerprint density at radius 3 is 2.41 bits per heavy atom. The SMILES string of the molecule is CSc1ccccc1NC(=O)C(C)(C)C(=O)O. The molecule has 0 heterocycles. The molecule has 92 valence electrons. The summed E-state index contributed by atoms with van der Waals surface area (Å²) in [6, 6.07) is 7.28. The van der Waals surface area contributed by atoms with E-state index in [2.05, 4.69) is 5.32 Å². The lowest BCUT2D eigenvalue weighted by molar-refractivity contribution is -0.151. The second-order valence-electron chi connectivity index (χ2n) is 4.08. The summed E-state index contributed by atoms with van der Waals surface area (Å²) in [5, 5.41) is 11.6. The molecule has 0 aliphatic rings. The predicted octanol–water partition coefficient (Wildman–Crippen LogP) is 2.46. The van der Waals surface area contributed by atoms with Crippen molar-refractivity contribution in [3.8, 4) is 0 Å². The third kappa shape index (κ3) is 3.00. The molecule has 0 aliphatic heterocycles. The summed E-state index contributed by atoms with van der Waals surface area (Å²) < 4.78 is 0. The fraction of sp³-hybridized carbons (Fsp3) is 0.333. The van der Waals surface area contributed by atoms with Crippen LogP contribution in [0.5, 0.6) is 0 Å². The number of carbonyl (C=O) groups excluding carboxylic acids is 1. The lowest BCUT2D eigenvalue weighted by Crippen LogP contribution is -2.37. The van der Waals surface area contributed by atoms with Gasteiger partial charge in [0.1, 0.15) is 5.41 Å². The topological polar surface area (TPSA) is 66.4 Å². The van der Waals surface area contributed by atoms with Gasteiger partial charge in [-0.1, -0.05) is 12.1 Å². The molecule has 0 bridgehead atoms. The molecule has 0 saturated carbocycles. The highest BCUT2D eigenvalue weighted by atomic mass is 32.2. The quantitative estimate of drug-likeness (QED) is 0.639. The number of hydrogen-bond donors (Lipinski definition) is 2. The summed E-state index contributed by atoms with van der Waals surface area (Å²) in [5.74, 6) is -1.66. The van der Waals surface area contributed by atoms with E-state index >= 15 is 0 Å². The number of carboxylic acid groups (broad SMARTS) is 1. The Bertz CT molecular complexity index is 443. The summed E-state index contributed by atoms with van der Waals surface area (Å²) in [7, 11) is 0. The van der Waals surface area contributed by atoms with Crippen LogP contribution in [0.1, 0.15) is 13.8 Å². The minimum atomic E-state index is -1.44. The Morgan fingerprint density at radius 2 is 1.88 bits per heavy atom. The highest BCUT2D eigenvalue weighted by Gasteiger charge is 2.36. The smallest absolute Gasteiger partial charge is 0.318 e. The zero-order chi connectivity index (χ0) is 13.1. The molecule has 5 heteroatoms. The van der Waals surface area contributed by atoms with Crippen LogP contribution in [0.25, 0.3) is 0 Å². The van der Waals surface area contributed by atoms with Gasteiger partial charge in [0, 0.05) is 4.90 Å². The number of thioether (sulfide) groups is 1. The Hall–Kier alpha value is -1.49. The zero-order valence-corrected chi connectivity index (χ0v) is 10.8. The van der Waals surface area contributed by atoms with Gasteiger partial charge >= 0.3 is 5.97 Å². The summed E-state index contributed by atoms with van der Waals surface area (Å²) in [4.78, 5) is 23.7. The summed E-state index contributed by atoms with van der Waals surface area (Å²) in [6.07, 6.45) is 1.90. The predicted molar refractivity (Wildman–Crippen MR) is 68.3 cm³/mol. The normalized spacial score (nSPS) is 11.0. The van der Waals surface area contributed by atoms with Gasteiger partial charge in [0.15, 0.2) is 0 Å². The van der Waals surface area contributed by atoms with Crippen LogP contribution in [0.3, 0.4) is 0 Å². The minimum Gasteiger partial charge on any atom is -0.480 e. The van der Waals surface area contributed by atoms with Crippen molar-refractivity contribution < 1.29 is 14.7 Å². The first-order valence-electron chi connectivity index (χ1n) is 5.07. The van der Waals surface area contributed by atoms with Gasteiger partial charge in [-0.3, -0.25) is 9.59 Å². The monoisotopic (exact) mass is 253 g/mol. The molecular weight excluding hydrogens is 238 g/mol. The van der Waals surface area contributed by atoms with E-state index in [4.69, 9.17) is 5.11 Å². The number of para-hydroxylation sites is 1. The molecule has 0 aliphatic carbocycles. The van der Waals surface area contributed by atoms with Crippen molar-refractivity contribution in [2.45, 2.75) is 18.7 Å². The number of hydrogen-bond acceptors (Lipinski definition) is 3. The van der Waals surface area contributed by atoms with E-state index in [1.165, 1.54) is 25.6 Å². The van der Waals surface area contributed by atoms with Gasteiger partial charge in [-0.15, -0.1) is 11.8 Å². The van der Waals surface area contributed by atoms with Crippen LogP contribution < -0.4 is 5.32 Å².